The van der Waals surface area contributed by atoms with Crippen LogP contribution in [0.3, 0.4) is 0 Å². The van der Waals surface area contributed by atoms with Crippen molar-refractivity contribution in [1.29, 1.82) is 0 Å². The summed E-state index contributed by atoms with van der Waals surface area (Å²) in [6.07, 6.45) is -6.52. The van der Waals surface area contributed by atoms with E-state index in [1.165, 1.54) is 0 Å². The predicted molar refractivity (Wildman–Crippen MR) is 38.7 cm³/mol. The summed E-state index contributed by atoms with van der Waals surface area (Å²) in [5.41, 5.74) is 0. The van der Waals surface area contributed by atoms with Crippen LogP contribution in [0.4, 0.5) is 30.7 Å². The van der Waals surface area contributed by atoms with Gasteiger partial charge in [-0.3, -0.25) is 9.05 Å². The Morgan fingerprint density at radius 3 is 1.82 bits per heavy atom. The normalized spacial score (nSPS) is 17.9. The Morgan fingerprint density at radius 1 is 1.12 bits per heavy atom. The molecule has 0 saturated carbocycles. The second kappa shape index (κ2) is 4.71. The molecule has 0 aliphatic heterocycles. The van der Waals surface area contributed by atoms with Crippen LogP contribution in [-0.4, -0.2) is 36.6 Å². The zero-order valence-electron chi connectivity index (χ0n) is 7.97. The molecule has 0 aliphatic carbocycles. The van der Waals surface area contributed by atoms with Gasteiger partial charge in [-0.1, -0.05) is 0 Å². The molecule has 17 heavy (non-hydrogen) atoms. The molecule has 12 heteroatoms. The van der Waals surface area contributed by atoms with E-state index in [-0.39, 0.29) is 0 Å². The van der Waals surface area contributed by atoms with Gasteiger partial charge in [0, 0.05) is 7.11 Å². The van der Waals surface area contributed by atoms with E-state index >= 15 is 0 Å². The zero-order chi connectivity index (χ0) is 14.1. The minimum atomic E-state index is -6.52. The topological polar surface area (TPSA) is 55.8 Å². The SMILES string of the molecule is COP(=O)(O)OCC(F)(F)C(F)(F)C(F)(F)F. The highest BCUT2D eigenvalue weighted by Crippen LogP contribution is 2.50. The first-order valence-electron chi connectivity index (χ1n) is 3.62. The van der Waals surface area contributed by atoms with Crippen LogP contribution in [-0.2, 0) is 13.6 Å². The molecule has 0 saturated heterocycles. The lowest BCUT2D eigenvalue weighted by Crippen LogP contribution is -2.54. The molecule has 0 aromatic rings. The summed E-state index contributed by atoms with van der Waals surface area (Å²) >= 11 is 0. The Hall–Kier alpha value is -0.380. The molecule has 0 aromatic heterocycles. The van der Waals surface area contributed by atoms with Crippen LogP contribution in [0.15, 0.2) is 0 Å². The van der Waals surface area contributed by atoms with Crippen molar-refractivity contribution < 1.29 is 49.2 Å². The number of halogens is 7. The first-order valence-corrected chi connectivity index (χ1v) is 5.12. The van der Waals surface area contributed by atoms with Gasteiger partial charge in [-0.15, -0.1) is 0 Å². The molecule has 0 heterocycles. The van der Waals surface area contributed by atoms with E-state index in [1.54, 1.807) is 0 Å². The molecule has 4 nitrogen and oxygen atoms in total. The number of phosphoric acid groups is 1. The number of phosphoric ester groups is 1. The van der Waals surface area contributed by atoms with E-state index in [0.717, 1.165) is 0 Å². The van der Waals surface area contributed by atoms with Gasteiger partial charge in [0.2, 0.25) is 0 Å². The van der Waals surface area contributed by atoms with Crippen LogP contribution >= 0.6 is 7.82 Å². The average Bonchev–Trinajstić information content (AvgIpc) is 2.13. The van der Waals surface area contributed by atoms with Crippen molar-refractivity contribution >= 4 is 7.82 Å². The zero-order valence-corrected chi connectivity index (χ0v) is 8.87. The summed E-state index contributed by atoms with van der Waals surface area (Å²) < 4.78 is 101. The van der Waals surface area contributed by atoms with Gasteiger partial charge in [-0.25, -0.2) is 4.57 Å². The number of hydrogen-bond acceptors (Lipinski definition) is 3. The van der Waals surface area contributed by atoms with E-state index in [2.05, 4.69) is 9.05 Å². The van der Waals surface area contributed by atoms with Crippen LogP contribution in [0, 0.1) is 0 Å². The fourth-order valence-corrected chi connectivity index (χ4v) is 0.944. The van der Waals surface area contributed by atoms with E-state index in [1.807, 2.05) is 0 Å². The van der Waals surface area contributed by atoms with Crippen molar-refractivity contribution in [2.75, 3.05) is 13.7 Å². The number of alkyl halides is 7. The lowest BCUT2D eigenvalue weighted by atomic mass is 10.2. The van der Waals surface area contributed by atoms with E-state index < -0.39 is 32.5 Å². The van der Waals surface area contributed by atoms with Crippen molar-refractivity contribution in [3.63, 3.8) is 0 Å². The van der Waals surface area contributed by atoms with Crippen LogP contribution in [0.2, 0.25) is 0 Å². The molecule has 0 aromatic carbocycles. The predicted octanol–water partition coefficient (Wildman–Crippen LogP) is 2.58. The van der Waals surface area contributed by atoms with E-state index in [9.17, 15) is 35.3 Å². The molecule has 0 fully saturated rings. The fraction of sp³-hybridized carbons (Fsp3) is 1.00. The molecular weight excluding hydrogens is 288 g/mol. The molecular formula is C5H6F7O4P. The lowest BCUT2D eigenvalue weighted by Gasteiger charge is -2.28. The Labute approximate surface area is 89.9 Å². The Kier molecular flexibility index (Phi) is 4.61. The first kappa shape index (κ1) is 16.6. The van der Waals surface area contributed by atoms with Crippen LogP contribution in [0.1, 0.15) is 0 Å². The second-order valence-corrected chi connectivity index (χ2v) is 4.26. The molecule has 0 bridgehead atoms. The first-order chi connectivity index (χ1) is 7.27. The van der Waals surface area contributed by atoms with E-state index in [0.29, 0.717) is 7.11 Å². The van der Waals surface area contributed by atoms with Gasteiger partial charge >= 0.3 is 25.8 Å². The highest BCUT2D eigenvalue weighted by molar-refractivity contribution is 7.47. The monoisotopic (exact) mass is 294 g/mol. The fourth-order valence-electron chi connectivity index (χ4n) is 0.513. The largest absolute Gasteiger partial charge is 0.472 e. The van der Waals surface area contributed by atoms with Gasteiger partial charge in [0.15, 0.2) is 0 Å². The van der Waals surface area contributed by atoms with Crippen molar-refractivity contribution in [2.24, 2.45) is 0 Å². The second-order valence-electron chi connectivity index (χ2n) is 2.70. The standard InChI is InChI=1S/C5H6F7O4P/c1-15-17(13,14)16-2-3(6,7)4(8,9)5(10,11)12/h2H2,1H3,(H,13,14). The number of rotatable bonds is 5. The van der Waals surface area contributed by atoms with Crippen LogP contribution < -0.4 is 0 Å². The molecule has 1 atom stereocenters. The third-order valence-electron chi connectivity index (χ3n) is 1.46. The maximum atomic E-state index is 12.5. The molecule has 0 radical (unpaired) electrons. The number of hydrogen-bond donors (Lipinski definition) is 1. The van der Waals surface area contributed by atoms with E-state index in [4.69, 9.17) is 4.89 Å². The molecule has 0 rings (SSSR count). The maximum absolute atomic E-state index is 12.5. The average molecular weight is 294 g/mol. The summed E-state index contributed by atoms with van der Waals surface area (Å²) in [6, 6.07) is 0. The van der Waals surface area contributed by atoms with Gasteiger partial charge in [-0.05, 0) is 0 Å². The Balaban J connectivity index is 4.87. The van der Waals surface area contributed by atoms with Gasteiger partial charge in [-0.2, -0.15) is 30.7 Å². The molecule has 0 aliphatic rings. The lowest BCUT2D eigenvalue weighted by molar-refractivity contribution is -0.358. The minimum absolute atomic E-state index is 0.515. The summed E-state index contributed by atoms with van der Waals surface area (Å²) in [5.74, 6) is -12.1. The smallest absolute Gasteiger partial charge is 0.302 e. The maximum Gasteiger partial charge on any atom is 0.472 e. The molecule has 1 unspecified atom stereocenters. The third kappa shape index (κ3) is 3.80. The van der Waals surface area contributed by atoms with Crippen molar-refractivity contribution in [3.8, 4) is 0 Å². The molecule has 104 valence electrons. The van der Waals surface area contributed by atoms with Crippen LogP contribution in [0.5, 0.6) is 0 Å². The summed E-state index contributed by atoms with van der Waals surface area (Å²) in [7, 11) is -4.56. The van der Waals surface area contributed by atoms with Gasteiger partial charge in [0.05, 0.1) is 0 Å². The third-order valence-corrected chi connectivity index (χ3v) is 2.37. The van der Waals surface area contributed by atoms with Crippen molar-refractivity contribution in [1.82, 2.24) is 0 Å². The van der Waals surface area contributed by atoms with Gasteiger partial charge in [0.1, 0.15) is 6.61 Å². The quantitative estimate of drug-likeness (QED) is 0.625. The highest BCUT2D eigenvalue weighted by Gasteiger charge is 2.73. The Morgan fingerprint density at radius 2 is 1.53 bits per heavy atom. The summed E-state index contributed by atoms with van der Waals surface area (Å²) in [4.78, 5) is 8.41. The molecule has 0 spiro atoms. The van der Waals surface area contributed by atoms with Crippen LogP contribution in [0.25, 0.3) is 0 Å². The minimum Gasteiger partial charge on any atom is -0.302 e. The summed E-state index contributed by atoms with van der Waals surface area (Å²) in [6.45, 7) is -2.62. The van der Waals surface area contributed by atoms with Gasteiger partial charge < -0.3 is 4.89 Å². The van der Waals surface area contributed by atoms with Crippen molar-refractivity contribution in [2.45, 2.75) is 18.0 Å². The highest BCUT2D eigenvalue weighted by atomic mass is 31.2. The Bertz CT molecular complexity index is 314. The molecule has 0 amide bonds. The summed E-state index contributed by atoms with van der Waals surface area (Å²) in [5, 5.41) is 0. The van der Waals surface area contributed by atoms with Gasteiger partial charge in [0.25, 0.3) is 0 Å². The van der Waals surface area contributed by atoms with Crippen molar-refractivity contribution in [3.05, 3.63) is 0 Å². The molecule has 1 N–H and O–H groups in total.